The fourth-order valence-electron chi connectivity index (χ4n) is 2.78. The number of alkyl halides is 6. The van der Waals surface area contributed by atoms with E-state index in [4.69, 9.17) is 22.5 Å². The Hall–Kier alpha value is -2.14. The third kappa shape index (κ3) is 4.98. The van der Waals surface area contributed by atoms with Crippen LogP contribution in [0.15, 0.2) is 10.2 Å². The van der Waals surface area contributed by atoms with Gasteiger partial charge in [-0.05, 0) is 12.8 Å². The van der Waals surface area contributed by atoms with Gasteiger partial charge in [0.1, 0.15) is 11.9 Å². The molecule has 6 atom stereocenters. The third-order valence-electron chi connectivity index (χ3n) is 4.63. The molecular formula is C15H24F6N6. The average Bonchev–Trinajstić information content (AvgIpc) is 2.69. The summed E-state index contributed by atoms with van der Waals surface area (Å²) in [4.78, 5) is 0. The van der Waals surface area contributed by atoms with Gasteiger partial charge in [0.15, 0.2) is 30.9 Å². The zero-order chi connectivity index (χ0) is 21.4. The first kappa shape index (κ1) is 24.9. The Morgan fingerprint density at radius 2 is 1.33 bits per heavy atom. The first-order valence-corrected chi connectivity index (χ1v) is 8.04. The van der Waals surface area contributed by atoms with E-state index >= 15 is 0 Å². The molecule has 0 aliphatic heterocycles. The van der Waals surface area contributed by atoms with E-state index in [1.807, 2.05) is 0 Å². The highest BCUT2D eigenvalue weighted by atomic mass is 19.2. The van der Waals surface area contributed by atoms with Crippen LogP contribution < -0.4 is 11.7 Å². The molecule has 6 nitrogen and oxygen atoms in total. The van der Waals surface area contributed by atoms with Crippen molar-refractivity contribution in [2.45, 2.75) is 63.7 Å². The number of halogens is 6. The Kier molecular flexibility index (Phi) is 10.0. The number of nitrogens with zero attached hydrogens (tertiary/aromatic N) is 2. The van der Waals surface area contributed by atoms with E-state index in [-0.39, 0.29) is 24.8 Å². The van der Waals surface area contributed by atoms with Crippen LogP contribution in [0.2, 0.25) is 0 Å². The second kappa shape index (κ2) is 10.9. The second-order valence-corrected chi connectivity index (χ2v) is 5.80. The van der Waals surface area contributed by atoms with Gasteiger partial charge < -0.3 is 22.5 Å². The Labute approximate surface area is 153 Å². The summed E-state index contributed by atoms with van der Waals surface area (Å²) in [6.45, 7) is 2.81. The molecule has 0 aromatic rings. The summed E-state index contributed by atoms with van der Waals surface area (Å²) in [5.74, 6) is 9.77. The van der Waals surface area contributed by atoms with Gasteiger partial charge in [0, 0.05) is 17.8 Å². The van der Waals surface area contributed by atoms with Gasteiger partial charge in [0.05, 0.1) is 5.71 Å². The summed E-state index contributed by atoms with van der Waals surface area (Å²) in [5.41, 5.74) is -3.26. The van der Waals surface area contributed by atoms with E-state index in [1.165, 1.54) is 13.8 Å². The summed E-state index contributed by atoms with van der Waals surface area (Å²) < 4.78 is 84.8. The molecule has 0 aliphatic rings. The number of hydrazone groups is 2. The first-order chi connectivity index (χ1) is 12.6. The van der Waals surface area contributed by atoms with Crippen molar-refractivity contribution in [1.82, 2.24) is 0 Å². The Morgan fingerprint density at radius 1 is 0.852 bits per heavy atom. The Balaban J connectivity index is 5.65. The molecule has 0 saturated heterocycles. The maximum Gasteiger partial charge on any atom is 0.179 e. The quantitative estimate of drug-likeness (QED) is 0.173. The normalized spacial score (nSPS) is 20.3. The van der Waals surface area contributed by atoms with Crippen LogP contribution in [0.1, 0.15) is 26.7 Å². The third-order valence-corrected chi connectivity index (χ3v) is 4.63. The molecular weight excluding hydrogens is 378 g/mol. The van der Waals surface area contributed by atoms with Crippen molar-refractivity contribution < 1.29 is 26.3 Å². The molecule has 6 unspecified atom stereocenters. The van der Waals surface area contributed by atoms with Crippen molar-refractivity contribution in [2.24, 2.45) is 27.3 Å². The molecule has 156 valence electrons. The highest BCUT2D eigenvalue weighted by Crippen LogP contribution is 2.39. The molecule has 0 rings (SSSR count). The van der Waals surface area contributed by atoms with Gasteiger partial charge in [-0.2, -0.15) is 10.2 Å². The molecule has 0 amide bonds. The number of hydrogen-bond acceptors (Lipinski definition) is 6. The first-order valence-electron chi connectivity index (χ1n) is 8.04. The lowest BCUT2D eigenvalue weighted by molar-refractivity contribution is -0.0334. The minimum Gasteiger partial charge on any atom is -0.323 e. The van der Waals surface area contributed by atoms with E-state index in [0.717, 1.165) is 0 Å². The predicted octanol–water partition coefficient (Wildman–Crippen LogP) is 2.75. The number of nitrogens with one attached hydrogen (secondary N) is 2. The number of rotatable bonds is 12. The minimum atomic E-state index is -3.39. The van der Waals surface area contributed by atoms with Crippen molar-refractivity contribution in [3.8, 4) is 0 Å². The van der Waals surface area contributed by atoms with E-state index < -0.39 is 48.2 Å². The number of nitrogens with two attached hydrogens (primary N) is 2. The second-order valence-electron chi connectivity index (χ2n) is 5.80. The standard InChI is InChI=1S/C15H24F6N6/c1-3-15(4-2,8(6-23)27-25)14(21)13(20)12(19)11(18)10(17)9(16)7(5-22)26-24/h5-6,9-14,22-23H,3-4,24-25H2,1-2H3. The van der Waals surface area contributed by atoms with Gasteiger partial charge in [-0.25, -0.2) is 26.3 Å². The van der Waals surface area contributed by atoms with Gasteiger partial charge >= 0.3 is 0 Å². The minimum absolute atomic E-state index is 0.164. The highest BCUT2D eigenvalue weighted by molar-refractivity contribution is 6.32. The van der Waals surface area contributed by atoms with Crippen LogP contribution in [0.4, 0.5) is 26.3 Å². The lowest BCUT2D eigenvalue weighted by Crippen LogP contribution is -2.52. The lowest BCUT2D eigenvalue weighted by Gasteiger charge is -2.37. The van der Waals surface area contributed by atoms with Crippen LogP contribution >= 0.6 is 0 Å². The molecule has 27 heavy (non-hydrogen) atoms. The van der Waals surface area contributed by atoms with Crippen molar-refractivity contribution in [3.63, 3.8) is 0 Å². The summed E-state index contributed by atoms with van der Waals surface area (Å²) in [7, 11) is 0. The molecule has 0 spiro atoms. The van der Waals surface area contributed by atoms with E-state index in [1.54, 1.807) is 0 Å². The molecule has 12 heteroatoms. The van der Waals surface area contributed by atoms with Gasteiger partial charge in [0.25, 0.3) is 0 Å². The topological polar surface area (TPSA) is 124 Å². The Morgan fingerprint density at radius 3 is 1.67 bits per heavy atom. The van der Waals surface area contributed by atoms with Gasteiger partial charge in [0.2, 0.25) is 0 Å². The van der Waals surface area contributed by atoms with Crippen molar-refractivity contribution >= 4 is 23.9 Å². The summed E-state index contributed by atoms with van der Waals surface area (Å²) in [6.07, 6.45) is -18.5. The molecule has 0 aliphatic carbocycles. The number of hydrogen-bond donors (Lipinski definition) is 4. The van der Waals surface area contributed by atoms with Gasteiger partial charge in [-0.15, -0.1) is 0 Å². The molecule has 0 bridgehead atoms. The van der Waals surface area contributed by atoms with Crippen molar-refractivity contribution in [3.05, 3.63) is 0 Å². The van der Waals surface area contributed by atoms with E-state index in [2.05, 4.69) is 10.2 Å². The monoisotopic (exact) mass is 402 g/mol. The SMILES string of the molecule is CCC(CC)(C(C=N)=NN)C(F)C(F)C(F)C(F)C(F)C(F)C(C=N)=NN. The fourth-order valence-corrected chi connectivity index (χ4v) is 2.78. The van der Waals surface area contributed by atoms with Crippen LogP contribution in [-0.4, -0.2) is 60.9 Å². The maximum atomic E-state index is 14.8. The Bertz CT molecular complexity index is 553. The molecule has 0 fully saturated rings. The molecule has 0 radical (unpaired) electrons. The average molecular weight is 402 g/mol. The smallest absolute Gasteiger partial charge is 0.179 e. The molecule has 0 aromatic carbocycles. The zero-order valence-electron chi connectivity index (χ0n) is 14.8. The van der Waals surface area contributed by atoms with Crippen LogP contribution in [0.5, 0.6) is 0 Å². The molecule has 0 saturated carbocycles. The van der Waals surface area contributed by atoms with E-state index in [0.29, 0.717) is 6.21 Å². The maximum absolute atomic E-state index is 14.8. The fraction of sp³-hybridized carbons (Fsp3) is 0.733. The van der Waals surface area contributed by atoms with Gasteiger partial charge in [-0.1, -0.05) is 13.8 Å². The summed E-state index contributed by atoms with van der Waals surface area (Å²) >= 11 is 0. The summed E-state index contributed by atoms with van der Waals surface area (Å²) in [6, 6.07) is 0. The predicted molar refractivity (Wildman–Crippen MR) is 93.2 cm³/mol. The van der Waals surface area contributed by atoms with Crippen molar-refractivity contribution in [1.29, 1.82) is 10.8 Å². The van der Waals surface area contributed by atoms with Crippen LogP contribution in [0.25, 0.3) is 0 Å². The van der Waals surface area contributed by atoms with Crippen LogP contribution in [0, 0.1) is 16.2 Å². The summed E-state index contributed by atoms with van der Waals surface area (Å²) in [5, 5.41) is 19.9. The largest absolute Gasteiger partial charge is 0.323 e. The molecule has 6 N–H and O–H groups in total. The van der Waals surface area contributed by atoms with E-state index in [9.17, 15) is 26.3 Å². The highest BCUT2D eigenvalue weighted by Gasteiger charge is 2.51. The zero-order valence-corrected chi connectivity index (χ0v) is 14.8. The lowest BCUT2D eigenvalue weighted by atomic mass is 9.71. The van der Waals surface area contributed by atoms with Gasteiger partial charge in [-0.3, -0.25) is 0 Å². The van der Waals surface area contributed by atoms with Crippen molar-refractivity contribution in [2.75, 3.05) is 0 Å². The van der Waals surface area contributed by atoms with Crippen LogP contribution in [-0.2, 0) is 0 Å². The van der Waals surface area contributed by atoms with Crippen LogP contribution in [0.3, 0.4) is 0 Å². The molecule has 0 aromatic heterocycles. The molecule has 0 heterocycles.